The number of aldehydes is 1. The van der Waals surface area contributed by atoms with E-state index in [2.05, 4.69) is 20.9 Å². The Hall–Kier alpha value is -2.99. The van der Waals surface area contributed by atoms with Crippen molar-refractivity contribution in [2.24, 2.45) is 5.10 Å². The Kier molecular flexibility index (Phi) is 4.98. The molecule has 0 aliphatic carbocycles. The number of hydrazone groups is 1. The third-order valence-electron chi connectivity index (χ3n) is 4.39. The lowest BCUT2D eigenvalue weighted by Gasteiger charge is -2.40. The molecule has 0 saturated carbocycles. The molecule has 0 saturated heterocycles. The molecule has 2 heterocycles. The van der Waals surface area contributed by atoms with Crippen LogP contribution in [-0.2, 0) is 4.79 Å². The van der Waals surface area contributed by atoms with Crippen molar-refractivity contribution in [1.29, 1.82) is 0 Å². The number of carbonyl (C=O) groups is 1. The number of hydrogen-bond donors (Lipinski definition) is 0. The summed E-state index contributed by atoms with van der Waals surface area (Å²) in [5.74, 6) is 0. The molecule has 0 N–H and O–H groups in total. The maximum Gasteiger partial charge on any atom is 0.180 e. The monoisotopic (exact) mass is 420 g/mol. The highest BCUT2D eigenvalue weighted by molar-refractivity contribution is 9.10. The Labute approximate surface area is 166 Å². The predicted molar refractivity (Wildman–Crippen MR) is 111 cm³/mol. The number of rotatable bonds is 4. The molecule has 0 radical (unpaired) electrons. The van der Waals surface area contributed by atoms with Gasteiger partial charge in [-0.1, -0.05) is 36.4 Å². The minimum Gasteiger partial charge on any atom is -0.338 e. The fraction of sp³-hybridized carbons (Fsp3) is 0.0952. The molecule has 1 atom stereocenters. The fourth-order valence-electron chi connectivity index (χ4n) is 3.10. The number of carbonyl (C=O) groups excluding carboxylic acids is 1. The number of aromatic nitrogens is 1. The normalized spacial score (nSPS) is 16.8. The number of halogens is 1. The molecule has 1 unspecified atom stereocenters. The molecule has 0 spiro atoms. The van der Waals surface area contributed by atoms with E-state index >= 15 is 0 Å². The van der Waals surface area contributed by atoms with Gasteiger partial charge in [-0.3, -0.25) is 9.78 Å². The van der Waals surface area contributed by atoms with Crippen LogP contribution in [0, 0.1) is 0 Å². The van der Waals surface area contributed by atoms with Crippen molar-refractivity contribution in [3.63, 3.8) is 0 Å². The summed E-state index contributed by atoms with van der Waals surface area (Å²) in [6.07, 6.45) is 2.11. The highest BCUT2D eigenvalue weighted by atomic mass is 79.9. The van der Waals surface area contributed by atoms with Crippen molar-refractivity contribution < 1.29 is 4.79 Å². The zero-order valence-electron chi connectivity index (χ0n) is 14.4. The van der Waals surface area contributed by atoms with Gasteiger partial charge in [0.25, 0.3) is 0 Å². The molecular weight excluding hydrogens is 404 g/mol. The molecule has 1 aromatic heterocycles. The van der Waals surface area contributed by atoms with E-state index in [1.165, 1.54) is 0 Å². The van der Waals surface area contributed by atoms with Gasteiger partial charge in [0.05, 0.1) is 17.9 Å². The SMILES string of the molecule is O=CC1N(c2ccccc2)CC(c2ccccn2)=NN1c1ccccc1Br. The van der Waals surface area contributed by atoms with Crippen LogP contribution in [0.15, 0.2) is 88.6 Å². The minimum absolute atomic E-state index is 0.491. The minimum atomic E-state index is -0.557. The average Bonchev–Trinajstić information content (AvgIpc) is 2.74. The third kappa shape index (κ3) is 3.48. The van der Waals surface area contributed by atoms with Crippen LogP contribution in [-0.4, -0.2) is 29.7 Å². The Morgan fingerprint density at radius 3 is 2.41 bits per heavy atom. The first-order valence-electron chi connectivity index (χ1n) is 8.57. The number of hydrogen-bond acceptors (Lipinski definition) is 5. The second-order valence-corrected chi connectivity index (χ2v) is 6.93. The largest absolute Gasteiger partial charge is 0.338 e. The van der Waals surface area contributed by atoms with Gasteiger partial charge in [0.15, 0.2) is 12.5 Å². The van der Waals surface area contributed by atoms with Crippen LogP contribution in [0.2, 0.25) is 0 Å². The number of nitrogens with zero attached hydrogens (tertiary/aromatic N) is 4. The molecule has 134 valence electrons. The summed E-state index contributed by atoms with van der Waals surface area (Å²) in [4.78, 5) is 18.6. The average molecular weight is 421 g/mol. The molecule has 5 nitrogen and oxygen atoms in total. The molecule has 0 fully saturated rings. The molecule has 1 aliphatic rings. The topological polar surface area (TPSA) is 48.8 Å². The summed E-state index contributed by atoms with van der Waals surface area (Å²) < 4.78 is 0.871. The Morgan fingerprint density at radius 2 is 1.70 bits per heavy atom. The van der Waals surface area contributed by atoms with Crippen LogP contribution < -0.4 is 9.91 Å². The molecule has 3 aromatic rings. The van der Waals surface area contributed by atoms with Crippen molar-refractivity contribution >= 4 is 39.3 Å². The van der Waals surface area contributed by atoms with Crippen molar-refractivity contribution in [3.05, 3.63) is 89.2 Å². The number of para-hydroxylation sites is 2. The summed E-state index contributed by atoms with van der Waals surface area (Å²) in [5.41, 5.74) is 3.37. The maximum absolute atomic E-state index is 12.1. The Bertz CT molecular complexity index is 962. The van der Waals surface area contributed by atoms with Gasteiger partial charge in [0.2, 0.25) is 0 Å². The van der Waals surface area contributed by atoms with Gasteiger partial charge in [0.1, 0.15) is 5.71 Å². The first-order chi connectivity index (χ1) is 13.3. The molecular formula is C21H17BrN4O. The van der Waals surface area contributed by atoms with E-state index < -0.39 is 6.17 Å². The zero-order valence-corrected chi connectivity index (χ0v) is 16.0. The number of anilines is 2. The summed E-state index contributed by atoms with van der Waals surface area (Å²) in [6.45, 7) is 0.491. The van der Waals surface area contributed by atoms with Gasteiger partial charge in [-0.05, 0) is 52.3 Å². The lowest BCUT2D eigenvalue weighted by atomic mass is 10.1. The number of pyridine rings is 1. The van der Waals surface area contributed by atoms with E-state index in [4.69, 9.17) is 5.10 Å². The van der Waals surface area contributed by atoms with Crippen LogP contribution >= 0.6 is 15.9 Å². The van der Waals surface area contributed by atoms with Gasteiger partial charge in [-0.25, -0.2) is 5.01 Å². The number of benzene rings is 2. The van der Waals surface area contributed by atoms with Crippen LogP contribution in [0.25, 0.3) is 0 Å². The lowest BCUT2D eigenvalue weighted by molar-refractivity contribution is -0.109. The first-order valence-corrected chi connectivity index (χ1v) is 9.37. The third-order valence-corrected chi connectivity index (χ3v) is 5.06. The van der Waals surface area contributed by atoms with E-state index in [0.717, 1.165) is 33.5 Å². The van der Waals surface area contributed by atoms with E-state index in [9.17, 15) is 4.79 Å². The van der Waals surface area contributed by atoms with Gasteiger partial charge in [-0.15, -0.1) is 0 Å². The van der Waals surface area contributed by atoms with E-state index in [0.29, 0.717) is 6.54 Å². The molecule has 1 aliphatic heterocycles. The van der Waals surface area contributed by atoms with Crippen LogP contribution in [0.4, 0.5) is 11.4 Å². The lowest BCUT2D eigenvalue weighted by Crippen LogP contribution is -2.54. The summed E-state index contributed by atoms with van der Waals surface area (Å²) >= 11 is 3.58. The highest BCUT2D eigenvalue weighted by Gasteiger charge is 2.33. The van der Waals surface area contributed by atoms with Crippen LogP contribution in [0.3, 0.4) is 0 Å². The van der Waals surface area contributed by atoms with E-state index in [1.807, 2.05) is 77.7 Å². The summed E-state index contributed by atoms with van der Waals surface area (Å²) in [6, 6.07) is 23.4. The van der Waals surface area contributed by atoms with Gasteiger partial charge >= 0.3 is 0 Å². The highest BCUT2D eigenvalue weighted by Crippen LogP contribution is 2.32. The van der Waals surface area contributed by atoms with Crippen LogP contribution in [0.5, 0.6) is 0 Å². The molecule has 6 heteroatoms. The molecule has 0 amide bonds. The second kappa shape index (κ2) is 7.72. The fourth-order valence-corrected chi connectivity index (χ4v) is 3.57. The Balaban J connectivity index is 1.86. The van der Waals surface area contributed by atoms with Crippen molar-refractivity contribution in [2.45, 2.75) is 6.17 Å². The van der Waals surface area contributed by atoms with Crippen molar-refractivity contribution in [1.82, 2.24) is 4.98 Å². The van der Waals surface area contributed by atoms with E-state index in [1.54, 1.807) is 11.2 Å². The maximum atomic E-state index is 12.1. The van der Waals surface area contributed by atoms with Crippen molar-refractivity contribution in [2.75, 3.05) is 16.5 Å². The van der Waals surface area contributed by atoms with Crippen molar-refractivity contribution in [3.8, 4) is 0 Å². The Morgan fingerprint density at radius 1 is 0.963 bits per heavy atom. The second-order valence-electron chi connectivity index (χ2n) is 6.07. The summed E-state index contributed by atoms with van der Waals surface area (Å²) in [5, 5.41) is 6.54. The first kappa shape index (κ1) is 17.4. The molecule has 4 rings (SSSR count). The van der Waals surface area contributed by atoms with Crippen LogP contribution in [0.1, 0.15) is 5.69 Å². The summed E-state index contributed by atoms with van der Waals surface area (Å²) in [7, 11) is 0. The molecule has 0 bridgehead atoms. The smallest absolute Gasteiger partial charge is 0.180 e. The van der Waals surface area contributed by atoms with Gasteiger partial charge < -0.3 is 4.90 Å². The molecule has 2 aromatic carbocycles. The van der Waals surface area contributed by atoms with E-state index in [-0.39, 0.29) is 0 Å². The zero-order chi connectivity index (χ0) is 18.6. The van der Waals surface area contributed by atoms with Gasteiger partial charge in [0, 0.05) is 16.4 Å². The predicted octanol–water partition coefficient (Wildman–Crippen LogP) is 4.10. The van der Waals surface area contributed by atoms with Gasteiger partial charge in [-0.2, -0.15) is 5.10 Å². The quantitative estimate of drug-likeness (QED) is 0.596. The molecule has 27 heavy (non-hydrogen) atoms. The standard InChI is InChI=1S/C21H17BrN4O/c22-17-10-4-5-12-20(17)26-21(15-27)25(16-8-2-1-3-9-16)14-19(24-26)18-11-6-7-13-23-18/h1-13,15,21H,14H2.